The largest absolute Gasteiger partial charge is 0.497 e. The smallest absolute Gasteiger partial charge is 0.317 e. The Balaban J connectivity index is 1.66. The van der Waals surface area contributed by atoms with Gasteiger partial charge in [-0.05, 0) is 37.1 Å². The number of carbonyl (C=O) groups excluding carboxylic acids is 2. The van der Waals surface area contributed by atoms with Crippen molar-refractivity contribution < 1.29 is 24.2 Å². The molecule has 0 spiro atoms. The highest BCUT2D eigenvalue weighted by atomic mass is 16.5. The van der Waals surface area contributed by atoms with Crippen LogP contribution in [0.15, 0.2) is 24.3 Å². The van der Waals surface area contributed by atoms with Crippen LogP contribution in [0.2, 0.25) is 0 Å². The fourth-order valence-corrected chi connectivity index (χ4v) is 2.63. The molecule has 3 amide bonds. The molecule has 2 rings (SSSR count). The minimum absolute atomic E-state index is 0.223. The summed E-state index contributed by atoms with van der Waals surface area (Å²) in [5.41, 5.74) is 0.517. The fraction of sp³-hybridized carbons (Fsp3) is 0.471. The summed E-state index contributed by atoms with van der Waals surface area (Å²) in [6, 6.07) is 6.51. The lowest BCUT2D eigenvalue weighted by atomic mass is 9.97. The molecule has 0 bridgehead atoms. The van der Waals surface area contributed by atoms with Crippen molar-refractivity contribution in [2.75, 3.05) is 33.3 Å². The molecule has 0 saturated carbocycles. The van der Waals surface area contributed by atoms with Crippen molar-refractivity contribution in [2.45, 2.75) is 12.8 Å². The summed E-state index contributed by atoms with van der Waals surface area (Å²) in [4.78, 5) is 36.5. The van der Waals surface area contributed by atoms with Gasteiger partial charge in [-0.2, -0.15) is 0 Å². The lowest BCUT2D eigenvalue weighted by molar-refractivity contribution is -0.143. The maximum absolute atomic E-state index is 12.0. The molecule has 1 aliphatic rings. The van der Waals surface area contributed by atoms with Crippen LogP contribution in [-0.4, -0.2) is 61.2 Å². The maximum atomic E-state index is 12.0. The molecule has 8 heteroatoms. The molecule has 0 aliphatic carbocycles. The number of aliphatic carboxylic acids is 1. The van der Waals surface area contributed by atoms with Gasteiger partial charge in [0.2, 0.25) is 0 Å². The van der Waals surface area contributed by atoms with E-state index in [2.05, 4.69) is 10.6 Å². The fourth-order valence-electron chi connectivity index (χ4n) is 2.63. The van der Waals surface area contributed by atoms with Gasteiger partial charge in [-0.1, -0.05) is 0 Å². The van der Waals surface area contributed by atoms with Crippen molar-refractivity contribution >= 4 is 17.9 Å². The summed E-state index contributed by atoms with van der Waals surface area (Å²) in [6.07, 6.45) is 0.938. The van der Waals surface area contributed by atoms with Crippen LogP contribution in [0.5, 0.6) is 5.75 Å². The number of carboxylic acids is 1. The van der Waals surface area contributed by atoms with Gasteiger partial charge in [-0.25, -0.2) is 4.79 Å². The van der Waals surface area contributed by atoms with E-state index in [1.54, 1.807) is 36.3 Å². The number of hydrogen-bond donors (Lipinski definition) is 3. The van der Waals surface area contributed by atoms with Crippen LogP contribution in [0.1, 0.15) is 23.2 Å². The van der Waals surface area contributed by atoms with Gasteiger partial charge in [0.15, 0.2) is 0 Å². The Labute approximate surface area is 146 Å². The van der Waals surface area contributed by atoms with E-state index in [1.165, 1.54) is 0 Å². The highest BCUT2D eigenvalue weighted by Gasteiger charge is 2.26. The molecule has 8 nitrogen and oxygen atoms in total. The van der Waals surface area contributed by atoms with E-state index in [0.717, 1.165) is 0 Å². The first-order chi connectivity index (χ1) is 12.0. The zero-order valence-electron chi connectivity index (χ0n) is 14.2. The van der Waals surface area contributed by atoms with Crippen LogP contribution in [0.3, 0.4) is 0 Å². The van der Waals surface area contributed by atoms with Crippen LogP contribution in [-0.2, 0) is 4.79 Å². The number of methoxy groups -OCH3 is 1. The zero-order chi connectivity index (χ0) is 18.2. The first kappa shape index (κ1) is 18.6. The van der Waals surface area contributed by atoms with Crippen LogP contribution in [0.25, 0.3) is 0 Å². The van der Waals surface area contributed by atoms with Crippen molar-refractivity contribution in [2.24, 2.45) is 5.92 Å². The van der Waals surface area contributed by atoms with E-state index in [-0.39, 0.29) is 17.9 Å². The summed E-state index contributed by atoms with van der Waals surface area (Å²) in [6.45, 7) is 1.48. The van der Waals surface area contributed by atoms with Crippen LogP contribution in [0.4, 0.5) is 4.79 Å². The Hall–Kier alpha value is -2.77. The minimum atomic E-state index is -0.804. The molecule has 0 unspecified atom stereocenters. The van der Waals surface area contributed by atoms with Gasteiger partial charge in [0.1, 0.15) is 5.75 Å². The topological polar surface area (TPSA) is 108 Å². The lowest BCUT2D eigenvalue weighted by Gasteiger charge is -2.30. The van der Waals surface area contributed by atoms with Crippen molar-refractivity contribution in [3.8, 4) is 5.75 Å². The molecule has 0 aromatic heterocycles. The Morgan fingerprint density at radius 2 is 1.72 bits per heavy atom. The second-order valence-electron chi connectivity index (χ2n) is 5.82. The van der Waals surface area contributed by atoms with Gasteiger partial charge in [-0.15, -0.1) is 0 Å². The SMILES string of the molecule is COc1ccc(C(=O)NCCNC(=O)N2CCC(C(=O)O)CC2)cc1. The van der Waals surface area contributed by atoms with Crippen LogP contribution >= 0.6 is 0 Å². The summed E-state index contributed by atoms with van der Waals surface area (Å²) >= 11 is 0. The van der Waals surface area contributed by atoms with E-state index in [0.29, 0.717) is 50.3 Å². The first-order valence-electron chi connectivity index (χ1n) is 8.19. The number of nitrogens with zero attached hydrogens (tertiary/aromatic N) is 1. The first-order valence-corrected chi connectivity index (χ1v) is 8.19. The molecule has 1 fully saturated rings. The second kappa shape index (κ2) is 8.91. The summed E-state index contributed by atoms with van der Waals surface area (Å²) in [7, 11) is 1.56. The molecule has 1 saturated heterocycles. The number of carboxylic acid groups (broad SMARTS) is 1. The Bertz CT molecular complexity index is 609. The van der Waals surface area contributed by atoms with Gasteiger partial charge in [0, 0.05) is 31.7 Å². The predicted molar refractivity (Wildman–Crippen MR) is 90.7 cm³/mol. The van der Waals surface area contributed by atoms with E-state index in [4.69, 9.17) is 9.84 Å². The highest BCUT2D eigenvalue weighted by Crippen LogP contribution is 2.17. The minimum Gasteiger partial charge on any atom is -0.497 e. The number of ether oxygens (including phenoxy) is 1. The molecule has 1 heterocycles. The normalized spacial score (nSPS) is 14.7. The Kier molecular flexibility index (Phi) is 6.62. The van der Waals surface area contributed by atoms with Gasteiger partial charge in [0.25, 0.3) is 5.91 Å². The van der Waals surface area contributed by atoms with Crippen LogP contribution in [0, 0.1) is 5.92 Å². The maximum Gasteiger partial charge on any atom is 0.317 e. The molecular weight excluding hydrogens is 326 g/mol. The molecule has 0 radical (unpaired) electrons. The zero-order valence-corrected chi connectivity index (χ0v) is 14.2. The second-order valence-corrected chi connectivity index (χ2v) is 5.82. The summed E-state index contributed by atoms with van der Waals surface area (Å²) in [5.74, 6) is -0.719. The number of benzene rings is 1. The number of carbonyl (C=O) groups is 3. The van der Waals surface area contributed by atoms with E-state index >= 15 is 0 Å². The third-order valence-electron chi connectivity index (χ3n) is 4.17. The van der Waals surface area contributed by atoms with Crippen molar-refractivity contribution in [1.82, 2.24) is 15.5 Å². The molecule has 1 aliphatic heterocycles. The van der Waals surface area contributed by atoms with Gasteiger partial charge in [-0.3, -0.25) is 9.59 Å². The average molecular weight is 349 g/mol. The van der Waals surface area contributed by atoms with Crippen molar-refractivity contribution in [1.29, 1.82) is 0 Å². The quantitative estimate of drug-likeness (QED) is 0.662. The number of amides is 3. The lowest BCUT2D eigenvalue weighted by Crippen LogP contribution is -2.47. The molecule has 25 heavy (non-hydrogen) atoms. The van der Waals surface area contributed by atoms with Gasteiger partial charge < -0.3 is 25.4 Å². The van der Waals surface area contributed by atoms with E-state index in [9.17, 15) is 14.4 Å². The number of likely N-dealkylation sites (tertiary alicyclic amines) is 1. The number of nitrogens with one attached hydrogen (secondary N) is 2. The van der Waals surface area contributed by atoms with Gasteiger partial charge >= 0.3 is 12.0 Å². The number of hydrogen-bond acceptors (Lipinski definition) is 4. The predicted octanol–water partition coefficient (Wildman–Crippen LogP) is 0.931. The Morgan fingerprint density at radius 3 is 2.28 bits per heavy atom. The monoisotopic (exact) mass is 349 g/mol. The molecule has 1 aromatic rings. The highest BCUT2D eigenvalue weighted by molar-refractivity contribution is 5.94. The molecular formula is C17H23N3O5. The number of urea groups is 1. The molecule has 3 N–H and O–H groups in total. The van der Waals surface area contributed by atoms with Gasteiger partial charge in [0.05, 0.1) is 13.0 Å². The average Bonchev–Trinajstić information content (AvgIpc) is 2.65. The van der Waals surface area contributed by atoms with E-state index in [1.807, 2.05) is 0 Å². The third-order valence-corrected chi connectivity index (χ3v) is 4.17. The number of rotatable bonds is 6. The van der Waals surface area contributed by atoms with Crippen molar-refractivity contribution in [3.05, 3.63) is 29.8 Å². The summed E-state index contributed by atoms with van der Waals surface area (Å²) < 4.78 is 5.03. The standard InChI is InChI=1S/C17H23N3O5/c1-25-14-4-2-12(3-5-14)15(21)18-8-9-19-17(24)20-10-6-13(7-11-20)16(22)23/h2-5,13H,6-11H2,1H3,(H,18,21)(H,19,24)(H,22,23). The van der Waals surface area contributed by atoms with Crippen molar-refractivity contribution in [3.63, 3.8) is 0 Å². The van der Waals surface area contributed by atoms with Crippen LogP contribution < -0.4 is 15.4 Å². The molecule has 1 aromatic carbocycles. The summed E-state index contributed by atoms with van der Waals surface area (Å²) in [5, 5.41) is 14.4. The molecule has 0 atom stereocenters. The van der Waals surface area contributed by atoms with E-state index < -0.39 is 5.97 Å². The third kappa shape index (κ3) is 5.37. The Morgan fingerprint density at radius 1 is 1.12 bits per heavy atom. The number of piperidine rings is 1. The molecule has 136 valence electrons.